The molecule has 8 nitrogen and oxygen atoms in total. The fraction of sp³-hybridized carbons (Fsp3) is 0.300. The zero-order chi connectivity index (χ0) is 14.7. The van der Waals surface area contributed by atoms with Gasteiger partial charge in [0.1, 0.15) is 5.75 Å². The largest absolute Gasteiger partial charge is 0.497 e. The van der Waals surface area contributed by atoms with Crippen LogP contribution in [0.15, 0.2) is 29.4 Å². The van der Waals surface area contributed by atoms with Crippen molar-refractivity contribution in [2.75, 3.05) is 20.3 Å². The van der Waals surface area contributed by atoms with Crippen LogP contribution < -0.4 is 10.2 Å². The first-order chi connectivity index (χ1) is 8.86. The molecule has 5 N–H and O–H groups in total. The van der Waals surface area contributed by atoms with Crippen LogP contribution >= 0.6 is 7.82 Å². The van der Waals surface area contributed by atoms with E-state index in [1.165, 1.54) is 0 Å². The van der Waals surface area contributed by atoms with E-state index in [1.807, 2.05) is 24.3 Å². The van der Waals surface area contributed by atoms with Crippen molar-refractivity contribution in [2.45, 2.75) is 0 Å². The summed E-state index contributed by atoms with van der Waals surface area (Å²) in [6.45, 7) is 0.548. The molecular weight excluding hydrogens is 275 g/mol. The van der Waals surface area contributed by atoms with Crippen LogP contribution in [0.2, 0.25) is 0 Å². The monoisotopic (exact) mass is 292 g/mol. The van der Waals surface area contributed by atoms with Gasteiger partial charge in [0.25, 0.3) is 0 Å². The van der Waals surface area contributed by atoms with E-state index >= 15 is 0 Å². The molecule has 1 aromatic carbocycles. The van der Waals surface area contributed by atoms with Gasteiger partial charge in [0.15, 0.2) is 0 Å². The Morgan fingerprint density at radius 2 is 1.84 bits per heavy atom. The first kappa shape index (κ1) is 17.6. The molecule has 0 bridgehead atoms. The second-order valence-electron chi connectivity index (χ2n) is 3.18. The number of phosphoric acid groups is 1. The van der Waals surface area contributed by atoms with Gasteiger partial charge >= 0.3 is 7.82 Å². The average Bonchev–Trinajstić information content (AvgIpc) is 2.33. The quantitative estimate of drug-likeness (QED) is 0.217. The molecule has 1 aromatic rings. The highest BCUT2D eigenvalue weighted by Gasteiger charge is 2.00. The van der Waals surface area contributed by atoms with Crippen LogP contribution in [0.25, 0.3) is 0 Å². The molecular formula is C10H17N2O6P. The van der Waals surface area contributed by atoms with Crippen molar-refractivity contribution >= 4 is 14.0 Å². The summed E-state index contributed by atoms with van der Waals surface area (Å²) in [5.41, 5.74) is 3.68. The molecule has 108 valence electrons. The van der Waals surface area contributed by atoms with Crippen LogP contribution in [-0.4, -0.2) is 46.3 Å². The van der Waals surface area contributed by atoms with Crippen LogP contribution in [0.5, 0.6) is 5.75 Å². The van der Waals surface area contributed by atoms with Crippen LogP contribution in [0.1, 0.15) is 5.56 Å². The molecule has 0 aliphatic carbocycles. The van der Waals surface area contributed by atoms with E-state index in [0.717, 1.165) is 11.3 Å². The summed E-state index contributed by atoms with van der Waals surface area (Å²) >= 11 is 0. The lowest BCUT2D eigenvalue weighted by Gasteiger charge is -1.99. The lowest BCUT2D eigenvalue weighted by Crippen LogP contribution is -2.11. The fourth-order valence-corrected chi connectivity index (χ4v) is 0.925. The van der Waals surface area contributed by atoms with Gasteiger partial charge in [-0.25, -0.2) is 4.57 Å². The number of benzene rings is 1. The second-order valence-corrected chi connectivity index (χ2v) is 4.20. The average molecular weight is 292 g/mol. The van der Waals surface area contributed by atoms with Gasteiger partial charge in [0.05, 0.1) is 26.5 Å². The lowest BCUT2D eigenvalue weighted by molar-refractivity contribution is 0.275. The molecule has 0 aromatic heterocycles. The van der Waals surface area contributed by atoms with E-state index < -0.39 is 7.82 Å². The van der Waals surface area contributed by atoms with Crippen molar-refractivity contribution in [1.29, 1.82) is 0 Å². The first-order valence-electron chi connectivity index (χ1n) is 5.16. The van der Waals surface area contributed by atoms with Gasteiger partial charge in [-0.15, -0.1) is 0 Å². The Morgan fingerprint density at radius 3 is 2.26 bits per heavy atom. The zero-order valence-corrected chi connectivity index (χ0v) is 11.2. The number of nitrogens with one attached hydrogen (secondary N) is 1. The fourth-order valence-electron chi connectivity index (χ4n) is 0.925. The van der Waals surface area contributed by atoms with Gasteiger partial charge in [-0.2, -0.15) is 5.10 Å². The SMILES string of the molecule is COc1ccc(/C=N/NCCO)cc1.O=P(O)(O)O. The van der Waals surface area contributed by atoms with Gasteiger partial charge in [-0.3, -0.25) is 0 Å². The minimum Gasteiger partial charge on any atom is -0.497 e. The van der Waals surface area contributed by atoms with Gasteiger partial charge in [0.2, 0.25) is 0 Å². The Balaban J connectivity index is 0.000000555. The highest BCUT2D eigenvalue weighted by Crippen LogP contribution is 2.25. The molecule has 9 heteroatoms. The summed E-state index contributed by atoms with van der Waals surface area (Å²) in [6.07, 6.45) is 1.69. The summed E-state index contributed by atoms with van der Waals surface area (Å²) in [6, 6.07) is 7.55. The van der Waals surface area contributed by atoms with E-state index in [9.17, 15) is 0 Å². The van der Waals surface area contributed by atoms with E-state index in [2.05, 4.69) is 10.5 Å². The molecule has 0 unspecified atom stereocenters. The maximum Gasteiger partial charge on any atom is 0.466 e. The molecule has 0 saturated carbocycles. The minimum atomic E-state index is -4.64. The molecule has 0 aliphatic heterocycles. The van der Waals surface area contributed by atoms with Gasteiger partial charge < -0.3 is 29.9 Å². The van der Waals surface area contributed by atoms with Crippen molar-refractivity contribution in [2.24, 2.45) is 5.10 Å². The summed E-state index contributed by atoms with van der Waals surface area (Å²) in [5, 5.41) is 12.4. The van der Waals surface area contributed by atoms with Crippen LogP contribution in [0, 0.1) is 0 Å². The zero-order valence-electron chi connectivity index (χ0n) is 10.3. The lowest BCUT2D eigenvalue weighted by atomic mass is 10.2. The highest BCUT2D eigenvalue weighted by molar-refractivity contribution is 7.45. The highest BCUT2D eigenvalue weighted by atomic mass is 31.2. The molecule has 1 rings (SSSR count). The predicted molar refractivity (Wildman–Crippen MR) is 69.9 cm³/mol. The third kappa shape index (κ3) is 12.8. The van der Waals surface area contributed by atoms with E-state index in [0.29, 0.717) is 6.54 Å². The van der Waals surface area contributed by atoms with Crippen molar-refractivity contribution in [3.63, 3.8) is 0 Å². The number of aliphatic hydroxyl groups is 1. The number of hydrogen-bond donors (Lipinski definition) is 5. The Bertz CT molecular complexity index is 408. The third-order valence-corrected chi connectivity index (χ3v) is 1.64. The van der Waals surface area contributed by atoms with Gasteiger partial charge in [-0.05, 0) is 29.8 Å². The standard InChI is InChI=1S/C10H14N2O2.H3O4P/c1-14-10-4-2-9(3-5-10)8-12-11-6-7-13;1-5(2,3)4/h2-5,8,11,13H,6-7H2,1H3;(H3,1,2,3,4)/b12-8+;. The van der Waals surface area contributed by atoms with Crippen LogP contribution in [0.3, 0.4) is 0 Å². The van der Waals surface area contributed by atoms with Crippen molar-refractivity contribution < 1.29 is 29.1 Å². The van der Waals surface area contributed by atoms with Crippen molar-refractivity contribution in [3.05, 3.63) is 29.8 Å². The second kappa shape index (κ2) is 9.48. The molecule has 19 heavy (non-hydrogen) atoms. The molecule has 0 atom stereocenters. The van der Waals surface area contributed by atoms with Crippen LogP contribution in [0.4, 0.5) is 0 Å². The Labute approximate surface area is 110 Å². The number of nitrogens with zero attached hydrogens (tertiary/aromatic N) is 1. The number of aliphatic hydroxyl groups excluding tert-OH is 1. The third-order valence-electron chi connectivity index (χ3n) is 1.64. The first-order valence-corrected chi connectivity index (χ1v) is 6.72. The smallest absolute Gasteiger partial charge is 0.466 e. The summed E-state index contributed by atoms with van der Waals surface area (Å²) in [7, 11) is -3.01. The molecule has 0 fully saturated rings. The topological polar surface area (TPSA) is 132 Å². The Hall–Kier alpha value is -1.44. The maximum absolute atomic E-state index is 8.88. The number of ether oxygens (including phenoxy) is 1. The normalized spacial score (nSPS) is 10.8. The predicted octanol–water partition coefficient (Wildman–Crippen LogP) is -0.318. The van der Waals surface area contributed by atoms with Gasteiger partial charge in [0, 0.05) is 0 Å². The van der Waals surface area contributed by atoms with Crippen molar-refractivity contribution in [1.82, 2.24) is 5.43 Å². The molecule has 0 amide bonds. The molecule has 0 heterocycles. The number of rotatable bonds is 5. The van der Waals surface area contributed by atoms with E-state index in [4.69, 9.17) is 29.1 Å². The van der Waals surface area contributed by atoms with Crippen LogP contribution in [-0.2, 0) is 4.57 Å². The van der Waals surface area contributed by atoms with E-state index in [-0.39, 0.29) is 6.61 Å². The Morgan fingerprint density at radius 1 is 1.32 bits per heavy atom. The molecule has 0 aliphatic rings. The number of hydrazone groups is 1. The number of methoxy groups -OCH3 is 1. The van der Waals surface area contributed by atoms with Gasteiger partial charge in [-0.1, -0.05) is 0 Å². The maximum atomic E-state index is 8.88. The molecule has 0 radical (unpaired) electrons. The molecule has 0 saturated heterocycles. The summed E-state index contributed by atoms with van der Waals surface area (Å²) in [5.74, 6) is 0.825. The molecule has 0 spiro atoms. The van der Waals surface area contributed by atoms with E-state index in [1.54, 1.807) is 13.3 Å². The minimum absolute atomic E-state index is 0.0833. The Kier molecular flexibility index (Phi) is 8.77. The van der Waals surface area contributed by atoms with Crippen molar-refractivity contribution in [3.8, 4) is 5.75 Å². The summed E-state index contributed by atoms with van der Waals surface area (Å²) in [4.78, 5) is 21.6. The summed E-state index contributed by atoms with van der Waals surface area (Å²) < 4.78 is 13.9. The number of hydrogen-bond acceptors (Lipinski definition) is 5.